The van der Waals surface area contributed by atoms with Gasteiger partial charge in [-0.25, -0.2) is 0 Å². The first-order valence-corrected chi connectivity index (χ1v) is 12.5. The molecule has 0 spiro atoms. The number of anilines is 1. The first-order valence-electron chi connectivity index (χ1n) is 12.5. The Balaban J connectivity index is 1.17. The lowest BCUT2D eigenvalue weighted by atomic mass is 9.89. The van der Waals surface area contributed by atoms with Gasteiger partial charge in [-0.3, -0.25) is 19.6 Å². The van der Waals surface area contributed by atoms with Crippen LogP contribution in [0.3, 0.4) is 0 Å². The van der Waals surface area contributed by atoms with E-state index in [-0.39, 0.29) is 11.8 Å². The van der Waals surface area contributed by atoms with Gasteiger partial charge in [0.25, 0.3) is 11.8 Å². The second kappa shape index (κ2) is 11.1. The van der Waals surface area contributed by atoms with E-state index in [9.17, 15) is 22.8 Å². The largest absolute Gasteiger partial charge is 0.417 e. The lowest BCUT2D eigenvalue weighted by Gasteiger charge is -2.32. The fourth-order valence-corrected chi connectivity index (χ4v) is 4.80. The number of alkyl halides is 3. The van der Waals surface area contributed by atoms with Crippen LogP contribution >= 0.6 is 0 Å². The zero-order valence-corrected chi connectivity index (χ0v) is 20.9. The molecule has 5 rings (SSSR count). The maximum Gasteiger partial charge on any atom is 0.417 e. The highest BCUT2D eigenvalue weighted by atomic mass is 19.4. The molecule has 1 fully saturated rings. The van der Waals surface area contributed by atoms with Crippen molar-refractivity contribution in [2.24, 2.45) is 0 Å². The molecule has 0 aliphatic carbocycles. The quantitative estimate of drug-likeness (QED) is 0.323. The van der Waals surface area contributed by atoms with Crippen molar-refractivity contribution in [1.82, 2.24) is 14.9 Å². The minimum atomic E-state index is -4.65. The average molecular weight is 531 g/mol. The Morgan fingerprint density at radius 3 is 2.15 bits per heavy atom. The lowest BCUT2D eigenvalue weighted by molar-refractivity contribution is -0.138. The Labute approximate surface area is 223 Å². The molecule has 0 radical (unpaired) electrons. The first kappa shape index (κ1) is 26.1. The minimum absolute atomic E-state index is 0.00197. The van der Waals surface area contributed by atoms with Crippen LogP contribution in [0.2, 0.25) is 0 Å². The van der Waals surface area contributed by atoms with E-state index in [0.717, 1.165) is 48.0 Å². The van der Waals surface area contributed by atoms with Crippen LogP contribution in [-0.2, 0) is 6.18 Å². The van der Waals surface area contributed by atoms with Crippen LogP contribution in [0.4, 0.5) is 18.9 Å². The molecule has 198 valence electrons. The number of carbonyl (C=O) groups is 2. The van der Waals surface area contributed by atoms with Gasteiger partial charge in [0, 0.05) is 49.1 Å². The van der Waals surface area contributed by atoms with E-state index in [0.29, 0.717) is 24.3 Å². The molecule has 0 bridgehead atoms. The Bertz CT molecular complexity index is 1450. The summed E-state index contributed by atoms with van der Waals surface area (Å²) in [6, 6.07) is 19.2. The summed E-state index contributed by atoms with van der Waals surface area (Å²) in [5.74, 6) is -0.636. The highest BCUT2D eigenvalue weighted by molar-refractivity contribution is 6.05. The predicted octanol–water partition coefficient (Wildman–Crippen LogP) is 6.43. The fourth-order valence-electron chi connectivity index (χ4n) is 4.80. The number of hydrogen-bond acceptors (Lipinski definition) is 4. The van der Waals surface area contributed by atoms with E-state index < -0.39 is 23.2 Å². The lowest BCUT2D eigenvalue weighted by Crippen LogP contribution is -2.37. The van der Waals surface area contributed by atoms with Crippen LogP contribution < -0.4 is 5.32 Å². The monoisotopic (exact) mass is 530 g/mol. The number of carbonyl (C=O) groups excluding carboxylic acids is 2. The van der Waals surface area contributed by atoms with Gasteiger partial charge in [-0.1, -0.05) is 30.3 Å². The molecule has 2 aromatic heterocycles. The molecule has 6 nitrogen and oxygen atoms in total. The van der Waals surface area contributed by atoms with Crippen LogP contribution in [0, 0.1) is 0 Å². The fraction of sp³-hybridized carbons (Fsp3) is 0.200. The van der Waals surface area contributed by atoms with E-state index in [4.69, 9.17) is 0 Å². The number of aromatic nitrogens is 2. The highest BCUT2D eigenvalue weighted by Crippen LogP contribution is 2.33. The second-order valence-corrected chi connectivity index (χ2v) is 9.38. The summed E-state index contributed by atoms with van der Waals surface area (Å²) in [4.78, 5) is 35.2. The van der Waals surface area contributed by atoms with E-state index in [2.05, 4.69) is 15.3 Å². The van der Waals surface area contributed by atoms with Crippen molar-refractivity contribution in [2.75, 3.05) is 18.4 Å². The molecule has 39 heavy (non-hydrogen) atoms. The predicted molar refractivity (Wildman–Crippen MR) is 141 cm³/mol. The molecule has 1 aliphatic heterocycles. The number of nitrogens with zero attached hydrogens (tertiary/aromatic N) is 3. The highest BCUT2D eigenvalue weighted by Gasteiger charge is 2.35. The van der Waals surface area contributed by atoms with Gasteiger partial charge in [-0.2, -0.15) is 13.2 Å². The molecular formula is C30H25F3N4O2. The third-order valence-electron chi connectivity index (χ3n) is 6.92. The molecule has 2 amide bonds. The Morgan fingerprint density at radius 1 is 0.821 bits per heavy atom. The van der Waals surface area contributed by atoms with Gasteiger partial charge in [0.2, 0.25) is 0 Å². The van der Waals surface area contributed by atoms with Gasteiger partial charge in [0.05, 0.1) is 11.1 Å². The average Bonchev–Trinajstić information content (AvgIpc) is 2.97. The van der Waals surface area contributed by atoms with Gasteiger partial charge in [-0.05, 0) is 71.8 Å². The van der Waals surface area contributed by atoms with Crippen LogP contribution in [0.1, 0.15) is 50.6 Å². The number of amides is 2. The van der Waals surface area contributed by atoms with Crippen LogP contribution in [0.25, 0.3) is 11.1 Å². The minimum Gasteiger partial charge on any atom is -0.339 e. The van der Waals surface area contributed by atoms with Gasteiger partial charge < -0.3 is 10.2 Å². The zero-order valence-electron chi connectivity index (χ0n) is 20.9. The molecule has 2 aromatic carbocycles. The van der Waals surface area contributed by atoms with Crippen molar-refractivity contribution >= 4 is 17.5 Å². The molecule has 0 unspecified atom stereocenters. The van der Waals surface area contributed by atoms with Gasteiger partial charge >= 0.3 is 6.18 Å². The van der Waals surface area contributed by atoms with Crippen LogP contribution in [0.5, 0.6) is 0 Å². The molecular weight excluding hydrogens is 505 g/mol. The van der Waals surface area contributed by atoms with Crippen molar-refractivity contribution in [1.29, 1.82) is 0 Å². The number of likely N-dealkylation sites (tertiary alicyclic amines) is 1. The van der Waals surface area contributed by atoms with Gasteiger partial charge in [0.15, 0.2) is 0 Å². The molecule has 1 saturated heterocycles. The molecule has 9 heteroatoms. The number of hydrogen-bond donors (Lipinski definition) is 1. The molecule has 1 N–H and O–H groups in total. The van der Waals surface area contributed by atoms with Crippen molar-refractivity contribution in [3.8, 4) is 11.1 Å². The summed E-state index contributed by atoms with van der Waals surface area (Å²) < 4.78 is 39.7. The number of rotatable bonds is 5. The number of piperidine rings is 1. The number of nitrogens with one attached hydrogen (secondary N) is 1. The molecule has 0 saturated carbocycles. The van der Waals surface area contributed by atoms with Crippen LogP contribution in [0.15, 0.2) is 91.5 Å². The SMILES string of the molecule is O=C(Nc1ccc(C2CCN(C(=O)c3ccc(-c4cccnc4)cc3)CC2)cc1)c1cnccc1C(F)(F)F. The third-order valence-corrected chi connectivity index (χ3v) is 6.92. The summed E-state index contributed by atoms with van der Waals surface area (Å²) in [6.45, 7) is 1.24. The standard InChI is InChI=1S/C30H25F3N4O2/c31-30(32,33)27-11-15-35-19-26(27)28(38)36-25-9-7-20(8-10-25)22-12-16-37(17-13-22)29(39)23-5-3-21(4-6-23)24-2-1-14-34-18-24/h1-11,14-15,18-19,22H,12-13,16-17H2,(H,36,38). The smallest absolute Gasteiger partial charge is 0.339 e. The van der Waals surface area contributed by atoms with Crippen molar-refractivity contribution in [2.45, 2.75) is 24.9 Å². The number of benzene rings is 2. The summed E-state index contributed by atoms with van der Waals surface area (Å²) in [6.07, 6.45) is 2.35. The maximum atomic E-state index is 13.2. The molecule has 4 aromatic rings. The van der Waals surface area contributed by atoms with E-state index in [1.54, 1.807) is 24.5 Å². The Kier molecular flexibility index (Phi) is 7.40. The molecule has 1 aliphatic rings. The molecule has 3 heterocycles. The first-order chi connectivity index (χ1) is 18.8. The van der Waals surface area contributed by atoms with Crippen LogP contribution in [-0.4, -0.2) is 39.8 Å². The number of halogens is 3. The van der Waals surface area contributed by atoms with Crippen molar-refractivity contribution in [3.05, 3.63) is 114 Å². The maximum absolute atomic E-state index is 13.2. The number of pyridine rings is 2. The zero-order chi connectivity index (χ0) is 27.4. The van der Waals surface area contributed by atoms with E-state index in [1.165, 1.54) is 0 Å². The Morgan fingerprint density at radius 2 is 1.51 bits per heavy atom. The van der Waals surface area contributed by atoms with Crippen molar-refractivity contribution in [3.63, 3.8) is 0 Å². The third kappa shape index (κ3) is 5.98. The summed E-state index contributed by atoms with van der Waals surface area (Å²) >= 11 is 0. The van der Waals surface area contributed by atoms with Crippen molar-refractivity contribution < 1.29 is 22.8 Å². The van der Waals surface area contributed by atoms with E-state index in [1.807, 2.05) is 53.4 Å². The van der Waals surface area contributed by atoms with Gasteiger partial charge in [0.1, 0.15) is 0 Å². The summed E-state index contributed by atoms with van der Waals surface area (Å²) in [5.41, 5.74) is 2.52. The normalized spacial score (nSPS) is 14.2. The summed E-state index contributed by atoms with van der Waals surface area (Å²) in [5, 5.41) is 2.52. The van der Waals surface area contributed by atoms with E-state index >= 15 is 0 Å². The topological polar surface area (TPSA) is 75.2 Å². The second-order valence-electron chi connectivity index (χ2n) is 9.38. The van der Waals surface area contributed by atoms with Gasteiger partial charge in [-0.15, -0.1) is 0 Å². The Hall–Kier alpha value is -4.53. The summed E-state index contributed by atoms with van der Waals surface area (Å²) in [7, 11) is 0. The molecule has 0 atom stereocenters.